The van der Waals surface area contributed by atoms with Crippen molar-refractivity contribution in [3.63, 3.8) is 0 Å². The molecule has 5 heteroatoms. The van der Waals surface area contributed by atoms with Crippen molar-refractivity contribution >= 4 is 31.1 Å². The SMILES string of the molecule is Cl.Cl.O=CCC(c1ccccc1-c1ccccc1)N1CCN(Cc2ccccc2)CC1. The van der Waals surface area contributed by atoms with Gasteiger partial charge in [-0.1, -0.05) is 84.9 Å². The highest BCUT2D eigenvalue weighted by Gasteiger charge is 2.26. The van der Waals surface area contributed by atoms with E-state index in [0.717, 1.165) is 39.0 Å². The topological polar surface area (TPSA) is 23.6 Å². The Kier molecular flexibility index (Phi) is 10.2. The van der Waals surface area contributed by atoms with Gasteiger partial charge in [0.25, 0.3) is 0 Å². The van der Waals surface area contributed by atoms with Gasteiger partial charge in [0.2, 0.25) is 0 Å². The number of carbonyl (C=O) groups is 1. The van der Waals surface area contributed by atoms with Crippen molar-refractivity contribution < 1.29 is 4.79 Å². The van der Waals surface area contributed by atoms with Crippen molar-refractivity contribution in [2.24, 2.45) is 0 Å². The zero-order valence-electron chi connectivity index (χ0n) is 17.6. The van der Waals surface area contributed by atoms with Gasteiger partial charge < -0.3 is 4.79 Å². The molecule has 1 atom stereocenters. The van der Waals surface area contributed by atoms with Crippen LogP contribution in [-0.4, -0.2) is 42.3 Å². The molecule has 31 heavy (non-hydrogen) atoms. The summed E-state index contributed by atoms with van der Waals surface area (Å²) in [5.74, 6) is 0. The summed E-state index contributed by atoms with van der Waals surface area (Å²) >= 11 is 0. The van der Waals surface area contributed by atoms with Crippen molar-refractivity contribution in [1.29, 1.82) is 0 Å². The lowest BCUT2D eigenvalue weighted by molar-refractivity contribution is -0.109. The molecule has 1 heterocycles. The van der Waals surface area contributed by atoms with E-state index in [2.05, 4.69) is 88.7 Å². The summed E-state index contributed by atoms with van der Waals surface area (Å²) in [6.45, 7) is 5.01. The minimum absolute atomic E-state index is 0. The van der Waals surface area contributed by atoms with Crippen LogP contribution in [-0.2, 0) is 11.3 Å². The Bertz CT molecular complexity index is 913. The third-order valence-electron chi connectivity index (χ3n) is 5.82. The molecule has 1 unspecified atom stereocenters. The van der Waals surface area contributed by atoms with Gasteiger partial charge in [-0.2, -0.15) is 0 Å². The molecular formula is C26H30Cl2N2O. The molecule has 0 aliphatic carbocycles. The summed E-state index contributed by atoms with van der Waals surface area (Å²) in [4.78, 5) is 16.5. The zero-order chi connectivity index (χ0) is 19.9. The predicted octanol–water partition coefficient (Wildman–Crippen LogP) is 5.65. The molecule has 0 aromatic heterocycles. The molecule has 1 aliphatic heterocycles. The summed E-state index contributed by atoms with van der Waals surface area (Å²) in [5.41, 5.74) is 5.05. The molecule has 0 spiro atoms. The Morgan fingerprint density at radius 3 is 1.97 bits per heavy atom. The largest absolute Gasteiger partial charge is 0.303 e. The van der Waals surface area contributed by atoms with Crippen LogP contribution in [0.2, 0.25) is 0 Å². The van der Waals surface area contributed by atoms with Crippen molar-refractivity contribution in [3.8, 4) is 11.1 Å². The van der Waals surface area contributed by atoms with E-state index in [1.165, 1.54) is 22.3 Å². The number of hydrogen-bond donors (Lipinski definition) is 0. The molecule has 3 aromatic carbocycles. The maximum atomic E-state index is 11.5. The van der Waals surface area contributed by atoms with Crippen molar-refractivity contribution in [1.82, 2.24) is 9.80 Å². The number of nitrogens with zero attached hydrogens (tertiary/aromatic N) is 2. The van der Waals surface area contributed by atoms with Crippen LogP contribution in [0.25, 0.3) is 11.1 Å². The predicted molar refractivity (Wildman–Crippen MR) is 133 cm³/mol. The van der Waals surface area contributed by atoms with Gasteiger partial charge >= 0.3 is 0 Å². The molecule has 1 aliphatic rings. The second-order valence-corrected chi connectivity index (χ2v) is 7.67. The molecule has 0 N–H and O–H groups in total. The van der Waals surface area contributed by atoms with E-state index in [1.54, 1.807) is 0 Å². The van der Waals surface area contributed by atoms with Gasteiger partial charge in [0.05, 0.1) is 0 Å². The maximum absolute atomic E-state index is 11.5. The van der Waals surface area contributed by atoms with E-state index < -0.39 is 0 Å². The van der Waals surface area contributed by atoms with Crippen LogP contribution in [0.3, 0.4) is 0 Å². The van der Waals surface area contributed by atoms with Crippen LogP contribution in [0, 0.1) is 0 Å². The summed E-state index contributed by atoms with van der Waals surface area (Å²) in [6, 6.07) is 29.8. The summed E-state index contributed by atoms with van der Waals surface area (Å²) in [6.07, 6.45) is 1.60. The van der Waals surface area contributed by atoms with Gasteiger partial charge in [0, 0.05) is 45.2 Å². The highest BCUT2D eigenvalue weighted by Crippen LogP contribution is 2.33. The lowest BCUT2D eigenvalue weighted by atomic mass is 9.92. The first-order chi connectivity index (χ1) is 14.3. The normalized spacial score (nSPS) is 15.4. The van der Waals surface area contributed by atoms with Gasteiger partial charge in [0.15, 0.2) is 0 Å². The van der Waals surface area contributed by atoms with Gasteiger partial charge in [-0.3, -0.25) is 9.80 Å². The van der Waals surface area contributed by atoms with Gasteiger partial charge in [-0.15, -0.1) is 24.8 Å². The third-order valence-corrected chi connectivity index (χ3v) is 5.82. The first kappa shape index (κ1) is 25.1. The average Bonchev–Trinajstić information content (AvgIpc) is 2.79. The van der Waals surface area contributed by atoms with E-state index in [9.17, 15) is 4.79 Å². The van der Waals surface area contributed by atoms with E-state index in [1.807, 2.05) is 6.07 Å². The lowest BCUT2D eigenvalue weighted by Gasteiger charge is -2.39. The highest BCUT2D eigenvalue weighted by atomic mass is 35.5. The zero-order valence-corrected chi connectivity index (χ0v) is 19.2. The molecule has 3 nitrogen and oxygen atoms in total. The smallest absolute Gasteiger partial charge is 0.121 e. The Labute approximate surface area is 197 Å². The van der Waals surface area contributed by atoms with Crippen molar-refractivity contribution in [2.45, 2.75) is 19.0 Å². The maximum Gasteiger partial charge on any atom is 0.121 e. The van der Waals surface area contributed by atoms with Crippen LogP contribution in [0.15, 0.2) is 84.9 Å². The van der Waals surface area contributed by atoms with E-state index in [-0.39, 0.29) is 30.9 Å². The van der Waals surface area contributed by atoms with E-state index in [4.69, 9.17) is 0 Å². The molecule has 1 saturated heterocycles. The molecule has 1 fully saturated rings. The number of hydrogen-bond acceptors (Lipinski definition) is 3. The molecule has 4 rings (SSSR count). The fourth-order valence-electron chi connectivity index (χ4n) is 4.31. The molecule has 0 saturated carbocycles. The number of benzene rings is 3. The first-order valence-corrected chi connectivity index (χ1v) is 10.4. The third kappa shape index (κ3) is 6.41. The lowest BCUT2D eigenvalue weighted by Crippen LogP contribution is -2.47. The molecule has 3 aromatic rings. The number of carbonyl (C=O) groups excluding carboxylic acids is 1. The molecule has 0 amide bonds. The summed E-state index contributed by atoms with van der Waals surface area (Å²) in [7, 11) is 0. The van der Waals surface area contributed by atoms with Crippen molar-refractivity contribution in [2.75, 3.05) is 26.2 Å². The quantitative estimate of drug-likeness (QED) is 0.429. The minimum atomic E-state index is 0. The fraction of sp³-hybridized carbons (Fsp3) is 0.269. The summed E-state index contributed by atoms with van der Waals surface area (Å²) < 4.78 is 0. The summed E-state index contributed by atoms with van der Waals surface area (Å²) in [5, 5.41) is 0. The van der Waals surface area contributed by atoms with Gasteiger partial charge in [-0.25, -0.2) is 0 Å². The number of aldehydes is 1. The van der Waals surface area contributed by atoms with Crippen LogP contribution in [0.4, 0.5) is 0 Å². The van der Waals surface area contributed by atoms with Crippen LogP contribution < -0.4 is 0 Å². The molecule has 0 bridgehead atoms. The Balaban J connectivity index is 0.00000171. The second kappa shape index (κ2) is 12.6. The van der Waals surface area contributed by atoms with Crippen LogP contribution in [0.1, 0.15) is 23.6 Å². The minimum Gasteiger partial charge on any atom is -0.303 e. The fourth-order valence-corrected chi connectivity index (χ4v) is 4.31. The van der Waals surface area contributed by atoms with Crippen LogP contribution >= 0.6 is 24.8 Å². The second-order valence-electron chi connectivity index (χ2n) is 7.67. The molecule has 164 valence electrons. The monoisotopic (exact) mass is 456 g/mol. The standard InChI is InChI=1S/C26H28N2O.2ClH/c29-20-15-26(25-14-8-7-13-24(25)23-11-5-2-6-12-23)28-18-16-27(17-19-28)21-22-9-3-1-4-10-22;;/h1-14,20,26H,15-19,21H2;2*1H. The number of rotatable bonds is 7. The Hall–Kier alpha value is -2.17. The Morgan fingerprint density at radius 2 is 1.32 bits per heavy atom. The Morgan fingerprint density at radius 1 is 0.742 bits per heavy atom. The highest BCUT2D eigenvalue weighted by molar-refractivity contribution is 5.85. The van der Waals surface area contributed by atoms with Gasteiger partial charge in [0.1, 0.15) is 6.29 Å². The molecule has 0 radical (unpaired) electrons. The average molecular weight is 457 g/mol. The van der Waals surface area contributed by atoms with Gasteiger partial charge in [-0.05, 0) is 22.3 Å². The molecular weight excluding hydrogens is 427 g/mol. The first-order valence-electron chi connectivity index (χ1n) is 10.4. The van der Waals surface area contributed by atoms with E-state index >= 15 is 0 Å². The van der Waals surface area contributed by atoms with Crippen LogP contribution in [0.5, 0.6) is 0 Å². The number of piperazine rings is 1. The van der Waals surface area contributed by atoms with Crippen molar-refractivity contribution in [3.05, 3.63) is 96.1 Å². The van der Waals surface area contributed by atoms with E-state index in [0.29, 0.717) is 6.42 Å². The number of halogens is 2.